The summed E-state index contributed by atoms with van der Waals surface area (Å²) < 4.78 is 8.57. The molecule has 0 aliphatic carbocycles. The first-order valence-electron chi connectivity index (χ1n) is 12.5. The zero-order valence-electron chi connectivity index (χ0n) is 21.8. The van der Waals surface area contributed by atoms with Gasteiger partial charge in [-0.15, -0.1) is 0 Å². The summed E-state index contributed by atoms with van der Waals surface area (Å²) in [5.41, 5.74) is 9.65. The predicted octanol–water partition coefficient (Wildman–Crippen LogP) is 9.59. The Balaban J connectivity index is 1.70. The summed E-state index contributed by atoms with van der Waals surface area (Å²) in [7, 11) is 0. The summed E-state index contributed by atoms with van der Waals surface area (Å²) in [6.07, 6.45) is 0. The predicted molar refractivity (Wildman–Crippen MR) is 150 cm³/mol. The van der Waals surface area contributed by atoms with Crippen LogP contribution >= 0.6 is 0 Å². The molecule has 6 rings (SSSR count). The molecule has 2 heteroatoms. The number of aromatic nitrogens is 1. The Labute approximate surface area is 207 Å². The Bertz CT molecular complexity index is 1690. The summed E-state index contributed by atoms with van der Waals surface area (Å²) in [5, 5.41) is 4.96. The van der Waals surface area contributed by atoms with E-state index in [0.717, 1.165) is 22.2 Å². The molecule has 0 amide bonds. The lowest BCUT2D eigenvalue weighted by Crippen LogP contribution is -2.10. The van der Waals surface area contributed by atoms with E-state index < -0.39 is 0 Å². The number of hydrogen-bond donors (Lipinski definition) is 0. The normalized spacial score (nSPS) is 13.0. The molecule has 0 fully saturated rings. The van der Waals surface area contributed by atoms with Gasteiger partial charge in [0, 0.05) is 27.2 Å². The zero-order chi connectivity index (χ0) is 24.7. The Morgan fingerprint density at radius 3 is 1.60 bits per heavy atom. The maximum atomic E-state index is 6.15. The average Bonchev–Trinajstić information content (AvgIpc) is 3.31. The molecule has 35 heavy (non-hydrogen) atoms. The lowest BCUT2D eigenvalue weighted by Gasteiger charge is -2.19. The van der Waals surface area contributed by atoms with Crippen molar-refractivity contribution in [1.82, 2.24) is 4.57 Å². The number of furan rings is 1. The minimum absolute atomic E-state index is 0.0940. The van der Waals surface area contributed by atoms with Gasteiger partial charge in [0.25, 0.3) is 0 Å². The first-order chi connectivity index (χ1) is 16.5. The number of fused-ring (bicyclic) bond motifs is 6. The van der Waals surface area contributed by atoms with Crippen molar-refractivity contribution in [3.63, 3.8) is 0 Å². The molecular weight excluding hydrogens is 426 g/mol. The van der Waals surface area contributed by atoms with Crippen molar-refractivity contribution in [1.29, 1.82) is 0 Å². The summed E-state index contributed by atoms with van der Waals surface area (Å²) in [5.74, 6) is 0. The molecule has 0 radical (unpaired) electrons. The fourth-order valence-electron chi connectivity index (χ4n) is 5.25. The van der Waals surface area contributed by atoms with Gasteiger partial charge in [0.2, 0.25) is 0 Å². The van der Waals surface area contributed by atoms with Gasteiger partial charge < -0.3 is 8.98 Å². The molecule has 0 aliphatic heterocycles. The van der Waals surface area contributed by atoms with Crippen molar-refractivity contribution in [2.24, 2.45) is 0 Å². The van der Waals surface area contributed by atoms with E-state index in [1.54, 1.807) is 0 Å². The summed E-state index contributed by atoms with van der Waals surface area (Å²) >= 11 is 0. The number of aryl methyl sites for hydroxylation is 1. The van der Waals surface area contributed by atoms with Gasteiger partial charge in [-0.1, -0.05) is 65.3 Å². The molecule has 2 nitrogen and oxygen atoms in total. The second kappa shape index (κ2) is 7.24. The molecule has 2 heterocycles. The van der Waals surface area contributed by atoms with E-state index in [2.05, 4.69) is 126 Å². The molecule has 2 aromatic heterocycles. The van der Waals surface area contributed by atoms with Gasteiger partial charge in [0.15, 0.2) is 0 Å². The van der Waals surface area contributed by atoms with Gasteiger partial charge in [0.1, 0.15) is 11.2 Å². The van der Waals surface area contributed by atoms with E-state index in [0.29, 0.717) is 0 Å². The summed E-state index contributed by atoms with van der Waals surface area (Å²) in [6, 6.07) is 27.0. The maximum absolute atomic E-state index is 6.15. The molecule has 0 bridgehead atoms. The average molecular weight is 460 g/mol. The largest absolute Gasteiger partial charge is 0.456 e. The van der Waals surface area contributed by atoms with Crippen LogP contribution in [0.2, 0.25) is 0 Å². The van der Waals surface area contributed by atoms with Gasteiger partial charge in [0.05, 0.1) is 11.0 Å². The van der Waals surface area contributed by atoms with Crippen LogP contribution in [0.3, 0.4) is 0 Å². The topological polar surface area (TPSA) is 18.1 Å². The highest BCUT2D eigenvalue weighted by atomic mass is 16.3. The fraction of sp³-hybridized carbons (Fsp3) is 0.273. The van der Waals surface area contributed by atoms with Crippen LogP contribution in [0, 0.1) is 6.92 Å². The third-order valence-electron chi connectivity index (χ3n) is 7.36. The fourth-order valence-corrected chi connectivity index (χ4v) is 5.25. The lowest BCUT2D eigenvalue weighted by molar-refractivity contribution is 0.590. The van der Waals surface area contributed by atoms with Crippen LogP contribution in [0.5, 0.6) is 0 Å². The van der Waals surface area contributed by atoms with Crippen LogP contribution in [0.15, 0.2) is 77.2 Å². The summed E-state index contributed by atoms with van der Waals surface area (Å²) in [6.45, 7) is 15.8. The number of rotatable bonds is 1. The van der Waals surface area contributed by atoms with Gasteiger partial charge in [-0.25, -0.2) is 0 Å². The van der Waals surface area contributed by atoms with Crippen molar-refractivity contribution in [3.8, 4) is 5.69 Å². The van der Waals surface area contributed by atoms with Crippen molar-refractivity contribution in [3.05, 3.63) is 89.5 Å². The van der Waals surface area contributed by atoms with Crippen LogP contribution < -0.4 is 0 Å². The Morgan fingerprint density at radius 2 is 1.06 bits per heavy atom. The minimum Gasteiger partial charge on any atom is -0.456 e. The van der Waals surface area contributed by atoms with Crippen LogP contribution in [-0.4, -0.2) is 4.57 Å². The van der Waals surface area contributed by atoms with E-state index in [9.17, 15) is 0 Å². The molecule has 0 atom stereocenters. The number of nitrogens with zero attached hydrogens (tertiary/aromatic N) is 1. The second-order valence-electron chi connectivity index (χ2n) is 12.1. The maximum Gasteiger partial charge on any atom is 0.135 e. The van der Waals surface area contributed by atoms with Gasteiger partial charge >= 0.3 is 0 Å². The quantitative estimate of drug-likeness (QED) is 0.239. The van der Waals surface area contributed by atoms with Crippen LogP contribution in [0.4, 0.5) is 0 Å². The van der Waals surface area contributed by atoms with Crippen LogP contribution in [0.25, 0.3) is 49.4 Å². The number of benzene rings is 4. The molecule has 0 saturated heterocycles. The first-order valence-corrected chi connectivity index (χ1v) is 12.5. The van der Waals surface area contributed by atoms with Gasteiger partial charge in [-0.3, -0.25) is 0 Å². The van der Waals surface area contributed by atoms with E-state index >= 15 is 0 Å². The summed E-state index contributed by atoms with van der Waals surface area (Å²) in [4.78, 5) is 0. The lowest BCUT2D eigenvalue weighted by atomic mass is 9.85. The van der Waals surface area contributed by atoms with Gasteiger partial charge in [-0.2, -0.15) is 0 Å². The molecule has 176 valence electrons. The Morgan fingerprint density at radius 1 is 0.543 bits per heavy atom. The molecular formula is C33H33NO. The molecule has 0 aliphatic rings. The molecule has 0 spiro atoms. The molecule has 0 unspecified atom stereocenters. The smallest absolute Gasteiger partial charge is 0.135 e. The number of hydrogen-bond acceptors (Lipinski definition) is 1. The third kappa shape index (κ3) is 3.46. The second-order valence-corrected chi connectivity index (χ2v) is 12.1. The van der Waals surface area contributed by atoms with E-state index in [1.807, 2.05) is 0 Å². The zero-order valence-corrected chi connectivity index (χ0v) is 21.8. The molecule has 4 aromatic carbocycles. The first kappa shape index (κ1) is 22.0. The van der Waals surface area contributed by atoms with E-state index in [1.165, 1.54) is 43.9 Å². The Hall–Kier alpha value is -3.52. The van der Waals surface area contributed by atoms with Crippen molar-refractivity contribution < 1.29 is 4.42 Å². The highest BCUT2D eigenvalue weighted by Gasteiger charge is 2.21. The molecule has 6 aromatic rings. The highest BCUT2D eigenvalue weighted by molar-refractivity contribution is 6.11. The molecule has 0 saturated carbocycles. The Kier molecular flexibility index (Phi) is 4.55. The standard InChI is InChI=1S/C33H33NO/c1-20-8-14-30-26(16-20)27-19-23(11-15-31(27)35-30)34-28-12-9-21(32(2,3)4)17-24(28)25-18-22(33(5,6)7)10-13-29(25)34/h8-19H,1-7H3. The van der Waals surface area contributed by atoms with Gasteiger partial charge in [-0.05, 0) is 83.5 Å². The third-order valence-corrected chi connectivity index (χ3v) is 7.36. The SMILES string of the molecule is Cc1ccc2oc3ccc(-n4c5ccc(C(C)(C)C)cc5c5cc(C(C)(C)C)ccc54)cc3c2c1. The monoisotopic (exact) mass is 459 g/mol. The molecule has 0 N–H and O–H groups in total. The van der Waals surface area contributed by atoms with E-state index in [-0.39, 0.29) is 10.8 Å². The van der Waals surface area contributed by atoms with Crippen molar-refractivity contribution >= 4 is 43.7 Å². The minimum atomic E-state index is 0.0940. The van der Waals surface area contributed by atoms with Crippen molar-refractivity contribution in [2.75, 3.05) is 0 Å². The highest BCUT2D eigenvalue weighted by Crippen LogP contribution is 2.39. The van der Waals surface area contributed by atoms with Crippen LogP contribution in [0.1, 0.15) is 58.2 Å². The van der Waals surface area contributed by atoms with Crippen molar-refractivity contribution in [2.45, 2.75) is 59.3 Å². The van der Waals surface area contributed by atoms with Crippen LogP contribution in [-0.2, 0) is 10.8 Å². The van der Waals surface area contributed by atoms with E-state index in [4.69, 9.17) is 4.42 Å².